The van der Waals surface area contributed by atoms with E-state index in [1.165, 1.54) is 66.8 Å². The molecule has 2 heteroatoms. The molecular weight excluding hydrogens is 617 g/mol. The summed E-state index contributed by atoms with van der Waals surface area (Å²) in [5.41, 5.74) is 18.9. The predicted octanol–water partition coefficient (Wildman–Crippen LogP) is 12.5. The molecule has 2 aliphatic carbocycles. The van der Waals surface area contributed by atoms with Crippen molar-refractivity contribution in [2.45, 2.75) is 18.8 Å². The molecule has 2 heterocycles. The Morgan fingerprint density at radius 3 is 2.25 bits per heavy atom. The second kappa shape index (κ2) is 11.9. The largest absolute Gasteiger partial charge is 0.317 e. The minimum Gasteiger partial charge on any atom is -0.317 e. The molecule has 0 radical (unpaired) electrons. The molecule has 1 aliphatic heterocycles. The molecule has 1 aromatic heterocycles. The molecule has 0 spiro atoms. The zero-order chi connectivity index (χ0) is 33.9. The molecular formula is C49H36N2. The van der Waals surface area contributed by atoms with Crippen LogP contribution in [0.15, 0.2) is 177 Å². The molecule has 0 N–H and O–H groups in total. The molecule has 0 saturated heterocycles. The maximum Gasteiger partial charge on any atom is 0.0537 e. The van der Waals surface area contributed by atoms with Crippen LogP contribution in [0.2, 0.25) is 0 Å². The van der Waals surface area contributed by atoms with Gasteiger partial charge in [-0.2, -0.15) is 0 Å². The molecule has 3 aliphatic rings. The van der Waals surface area contributed by atoms with E-state index in [1.54, 1.807) is 0 Å². The Balaban J connectivity index is 1.04. The molecule has 10 rings (SSSR count). The molecule has 0 bridgehead atoms. The Labute approximate surface area is 299 Å². The number of fused-ring (bicyclic) bond motifs is 7. The first-order valence-corrected chi connectivity index (χ1v) is 17.8. The van der Waals surface area contributed by atoms with Crippen molar-refractivity contribution in [3.8, 4) is 27.9 Å². The lowest BCUT2D eigenvalue weighted by molar-refractivity contribution is 0.825. The van der Waals surface area contributed by atoms with E-state index in [0.717, 1.165) is 35.4 Å². The van der Waals surface area contributed by atoms with E-state index in [-0.39, 0.29) is 5.92 Å². The van der Waals surface area contributed by atoms with Gasteiger partial charge in [0, 0.05) is 40.1 Å². The molecule has 1 atom stereocenters. The van der Waals surface area contributed by atoms with E-state index in [2.05, 4.69) is 192 Å². The summed E-state index contributed by atoms with van der Waals surface area (Å²) in [6.45, 7) is 4.45. The zero-order valence-corrected chi connectivity index (χ0v) is 28.3. The Kier molecular flexibility index (Phi) is 6.89. The Hall–Kier alpha value is -6.38. The fraction of sp³-hybridized carbons (Fsp3) is 0.0612. The van der Waals surface area contributed by atoms with Gasteiger partial charge in [0.05, 0.1) is 11.2 Å². The van der Waals surface area contributed by atoms with Gasteiger partial charge in [-0.3, -0.25) is 0 Å². The monoisotopic (exact) mass is 652 g/mol. The highest BCUT2D eigenvalue weighted by Crippen LogP contribution is 2.43. The number of allylic oxidation sites excluding steroid dienone is 5. The molecule has 0 amide bonds. The maximum atomic E-state index is 4.45. The van der Waals surface area contributed by atoms with Crippen LogP contribution in [0.1, 0.15) is 39.4 Å². The van der Waals surface area contributed by atoms with Crippen molar-refractivity contribution < 1.29 is 0 Å². The highest BCUT2D eigenvalue weighted by Gasteiger charge is 2.26. The van der Waals surface area contributed by atoms with Gasteiger partial charge in [-0.1, -0.05) is 128 Å². The molecule has 6 aromatic carbocycles. The van der Waals surface area contributed by atoms with E-state index < -0.39 is 0 Å². The normalized spacial score (nSPS) is 16.9. The third-order valence-electron chi connectivity index (χ3n) is 10.9. The third kappa shape index (κ3) is 4.94. The Bertz CT molecular complexity index is 2590. The SMILES string of the molecule is C=C1/C=C\C=C/N(c2ccc(-c3ccccc3)cc2)c2cc(C3C=Cc4c(c5ccccc5n4-c4ccc5c(c4)-c4ccccc4C5)C3)ccc21. The first kappa shape index (κ1) is 29.5. The summed E-state index contributed by atoms with van der Waals surface area (Å²) in [5.74, 6) is 0.245. The van der Waals surface area contributed by atoms with Gasteiger partial charge in [0.25, 0.3) is 0 Å². The average Bonchev–Trinajstić information content (AvgIpc) is 3.72. The smallest absolute Gasteiger partial charge is 0.0537 e. The lowest BCUT2D eigenvalue weighted by Gasteiger charge is -2.27. The van der Waals surface area contributed by atoms with Crippen molar-refractivity contribution in [2.24, 2.45) is 0 Å². The van der Waals surface area contributed by atoms with Crippen molar-refractivity contribution in [3.05, 3.63) is 210 Å². The van der Waals surface area contributed by atoms with Gasteiger partial charge in [0.1, 0.15) is 0 Å². The fourth-order valence-electron chi connectivity index (χ4n) is 8.37. The number of hydrogen-bond acceptors (Lipinski definition) is 1. The van der Waals surface area contributed by atoms with Crippen LogP contribution in [0.25, 0.3) is 50.5 Å². The van der Waals surface area contributed by atoms with Crippen LogP contribution >= 0.6 is 0 Å². The van der Waals surface area contributed by atoms with Crippen LogP contribution in [0.5, 0.6) is 0 Å². The molecule has 0 saturated carbocycles. The van der Waals surface area contributed by atoms with Gasteiger partial charge >= 0.3 is 0 Å². The van der Waals surface area contributed by atoms with Crippen LogP contribution in [-0.4, -0.2) is 4.57 Å². The lowest BCUT2D eigenvalue weighted by Crippen LogP contribution is -2.13. The Morgan fingerprint density at radius 2 is 1.35 bits per heavy atom. The second-order valence-electron chi connectivity index (χ2n) is 13.8. The zero-order valence-electron chi connectivity index (χ0n) is 28.3. The number of nitrogens with zero attached hydrogens (tertiary/aromatic N) is 2. The number of hydrogen-bond donors (Lipinski definition) is 0. The highest BCUT2D eigenvalue weighted by atomic mass is 15.1. The van der Waals surface area contributed by atoms with Gasteiger partial charge in [0.15, 0.2) is 0 Å². The van der Waals surface area contributed by atoms with Crippen molar-refractivity contribution in [1.82, 2.24) is 4.57 Å². The van der Waals surface area contributed by atoms with E-state index in [0.29, 0.717) is 0 Å². The van der Waals surface area contributed by atoms with Gasteiger partial charge < -0.3 is 9.47 Å². The summed E-state index contributed by atoms with van der Waals surface area (Å²) in [6.07, 6.45) is 15.2. The average molecular weight is 653 g/mol. The quantitative estimate of drug-likeness (QED) is 0.184. The van der Waals surface area contributed by atoms with Crippen LogP contribution in [0.3, 0.4) is 0 Å². The summed E-state index contributed by atoms with van der Waals surface area (Å²) in [6, 6.07) is 51.2. The molecule has 242 valence electrons. The summed E-state index contributed by atoms with van der Waals surface area (Å²) in [5, 5.41) is 1.33. The second-order valence-corrected chi connectivity index (χ2v) is 13.8. The number of benzene rings is 6. The van der Waals surface area contributed by atoms with E-state index in [4.69, 9.17) is 0 Å². The highest BCUT2D eigenvalue weighted by molar-refractivity contribution is 5.92. The number of para-hydroxylation sites is 1. The van der Waals surface area contributed by atoms with Crippen molar-refractivity contribution in [2.75, 3.05) is 4.90 Å². The Morgan fingerprint density at radius 1 is 0.588 bits per heavy atom. The minimum absolute atomic E-state index is 0.245. The molecule has 0 fully saturated rings. The maximum absolute atomic E-state index is 4.45. The number of anilines is 2. The van der Waals surface area contributed by atoms with Crippen LogP contribution in [-0.2, 0) is 12.8 Å². The topological polar surface area (TPSA) is 8.17 Å². The lowest BCUT2D eigenvalue weighted by atomic mass is 9.85. The third-order valence-corrected chi connectivity index (χ3v) is 10.9. The molecule has 2 nitrogen and oxygen atoms in total. The predicted molar refractivity (Wildman–Crippen MR) is 215 cm³/mol. The summed E-state index contributed by atoms with van der Waals surface area (Å²) >= 11 is 0. The molecule has 7 aromatic rings. The van der Waals surface area contributed by atoms with Gasteiger partial charge in [0.2, 0.25) is 0 Å². The van der Waals surface area contributed by atoms with Crippen molar-refractivity contribution in [3.63, 3.8) is 0 Å². The van der Waals surface area contributed by atoms with Crippen LogP contribution in [0, 0.1) is 0 Å². The standard InChI is InChI=1S/C49H36N2/c1-33-11-9-10-28-50(40-23-18-35(19-24-40)34-12-3-2-4-13-34)49-31-37(21-26-42(33)49)36-22-27-48-46(30-36)44-16-7-8-17-47(44)51(48)41-25-20-39-29-38-14-5-6-15-43(38)45(39)32-41/h2-28,31-32,36H,1,29-30H2/b11-9-,28-10-. The fourth-order valence-corrected chi connectivity index (χ4v) is 8.37. The summed E-state index contributed by atoms with van der Waals surface area (Å²) in [4.78, 5) is 2.30. The van der Waals surface area contributed by atoms with Crippen molar-refractivity contribution in [1.29, 1.82) is 0 Å². The van der Waals surface area contributed by atoms with Gasteiger partial charge in [-0.25, -0.2) is 0 Å². The van der Waals surface area contributed by atoms with E-state index >= 15 is 0 Å². The minimum atomic E-state index is 0.245. The summed E-state index contributed by atoms with van der Waals surface area (Å²) in [7, 11) is 0. The number of rotatable bonds is 4. The van der Waals surface area contributed by atoms with Gasteiger partial charge in [-0.15, -0.1) is 0 Å². The molecule has 1 unspecified atom stereocenters. The summed E-state index contributed by atoms with van der Waals surface area (Å²) < 4.78 is 2.47. The van der Waals surface area contributed by atoms with Crippen molar-refractivity contribution >= 4 is 33.9 Å². The van der Waals surface area contributed by atoms with E-state index in [1.807, 2.05) is 0 Å². The first-order chi connectivity index (χ1) is 25.2. The first-order valence-electron chi connectivity index (χ1n) is 17.8. The van der Waals surface area contributed by atoms with Crippen LogP contribution in [0.4, 0.5) is 11.4 Å². The number of aromatic nitrogens is 1. The van der Waals surface area contributed by atoms with Gasteiger partial charge in [-0.05, 0) is 111 Å². The van der Waals surface area contributed by atoms with Crippen LogP contribution < -0.4 is 4.90 Å². The molecule has 51 heavy (non-hydrogen) atoms. The van der Waals surface area contributed by atoms with E-state index in [9.17, 15) is 0 Å².